The van der Waals surface area contributed by atoms with Gasteiger partial charge in [-0.1, -0.05) is 0 Å². The molecule has 2 aromatic rings. The van der Waals surface area contributed by atoms with Gasteiger partial charge in [-0.3, -0.25) is 14.6 Å². The second-order valence-electron chi connectivity index (χ2n) is 5.66. The van der Waals surface area contributed by atoms with Crippen molar-refractivity contribution in [3.05, 3.63) is 59.9 Å². The zero-order chi connectivity index (χ0) is 18.9. The molecule has 1 aromatic heterocycles. The summed E-state index contributed by atoms with van der Waals surface area (Å²) in [5.74, 6) is -0.745. The summed E-state index contributed by atoms with van der Waals surface area (Å²) >= 11 is 0. The third kappa shape index (κ3) is 5.70. The molecule has 0 aliphatic rings. The van der Waals surface area contributed by atoms with Gasteiger partial charge in [-0.2, -0.15) is 0 Å². The van der Waals surface area contributed by atoms with Gasteiger partial charge in [0.25, 0.3) is 0 Å². The van der Waals surface area contributed by atoms with Gasteiger partial charge >= 0.3 is 5.97 Å². The molecule has 0 fully saturated rings. The molecule has 26 heavy (non-hydrogen) atoms. The summed E-state index contributed by atoms with van der Waals surface area (Å²) in [6.45, 7) is 2.22. The number of anilines is 1. The van der Waals surface area contributed by atoms with E-state index in [9.17, 15) is 14.4 Å². The molecule has 1 N–H and O–H groups in total. The third-order valence-corrected chi connectivity index (χ3v) is 3.77. The Labute approximate surface area is 152 Å². The summed E-state index contributed by atoms with van der Waals surface area (Å²) in [5, 5.41) is 2.75. The van der Waals surface area contributed by atoms with Crippen molar-refractivity contribution >= 4 is 23.5 Å². The standard InChI is InChI=1S/C19H21N3O4/c1-14(23)22(13-15-7-10-20-11-8-15)12-9-18(24)21-17-5-3-16(4-6-17)19(25)26-2/h3-8,10-11H,9,12-13H2,1-2H3,(H,21,24). The molecule has 0 saturated heterocycles. The maximum atomic E-state index is 12.1. The number of methoxy groups -OCH3 is 1. The van der Waals surface area contributed by atoms with Crippen LogP contribution < -0.4 is 5.32 Å². The van der Waals surface area contributed by atoms with Crippen LogP contribution in [0.5, 0.6) is 0 Å². The van der Waals surface area contributed by atoms with E-state index in [2.05, 4.69) is 15.0 Å². The van der Waals surface area contributed by atoms with Crippen molar-refractivity contribution < 1.29 is 19.1 Å². The van der Waals surface area contributed by atoms with Crippen molar-refractivity contribution in [1.82, 2.24) is 9.88 Å². The fourth-order valence-corrected chi connectivity index (χ4v) is 2.32. The molecule has 2 amide bonds. The van der Waals surface area contributed by atoms with Crippen LogP contribution in [0.1, 0.15) is 29.3 Å². The first-order valence-corrected chi connectivity index (χ1v) is 8.12. The molecule has 0 saturated carbocycles. The first-order chi connectivity index (χ1) is 12.5. The zero-order valence-electron chi connectivity index (χ0n) is 14.8. The molecular formula is C19H21N3O4. The Morgan fingerprint density at radius 1 is 1.08 bits per heavy atom. The average Bonchev–Trinajstić information content (AvgIpc) is 2.65. The number of ether oxygens (including phenoxy) is 1. The number of hydrogen-bond donors (Lipinski definition) is 1. The van der Waals surface area contributed by atoms with Crippen LogP contribution in [-0.4, -0.2) is 41.3 Å². The first-order valence-electron chi connectivity index (χ1n) is 8.12. The van der Waals surface area contributed by atoms with Gasteiger partial charge in [0.05, 0.1) is 12.7 Å². The van der Waals surface area contributed by atoms with Crippen LogP contribution in [0.15, 0.2) is 48.8 Å². The van der Waals surface area contributed by atoms with Crippen LogP contribution in [-0.2, 0) is 20.9 Å². The summed E-state index contributed by atoms with van der Waals surface area (Å²) in [6.07, 6.45) is 3.50. The van der Waals surface area contributed by atoms with Crippen LogP contribution in [0, 0.1) is 0 Å². The topological polar surface area (TPSA) is 88.6 Å². The fraction of sp³-hybridized carbons (Fsp3) is 0.263. The van der Waals surface area contributed by atoms with Crippen molar-refractivity contribution in [1.29, 1.82) is 0 Å². The highest BCUT2D eigenvalue weighted by Crippen LogP contribution is 2.11. The quantitative estimate of drug-likeness (QED) is 0.770. The number of nitrogens with zero attached hydrogens (tertiary/aromatic N) is 2. The summed E-state index contributed by atoms with van der Waals surface area (Å²) < 4.78 is 4.63. The smallest absolute Gasteiger partial charge is 0.337 e. The molecule has 136 valence electrons. The minimum Gasteiger partial charge on any atom is -0.465 e. The Morgan fingerprint density at radius 3 is 2.31 bits per heavy atom. The summed E-state index contributed by atoms with van der Waals surface area (Å²) in [6, 6.07) is 10.1. The number of benzene rings is 1. The van der Waals surface area contributed by atoms with Crippen molar-refractivity contribution in [2.45, 2.75) is 19.9 Å². The van der Waals surface area contributed by atoms with Gasteiger partial charge in [0.1, 0.15) is 0 Å². The molecule has 1 aromatic carbocycles. The van der Waals surface area contributed by atoms with Crippen LogP contribution in [0.2, 0.25) is 0 Å². The highest BCUT2D eigenvalue weighted by Gasteiger charge is 2.12. The lowest BCUT2D eigenvalue weighted by atomic mass is 10.2. The second kappa shape index (κ2) is 9.31. The number of carbonyl (C=O) groups is 3. The van der Waals surface area contributed by atoms with Crippen molar-refractivity contribution in [2.24, 2.45) is 0 Å². The summed E-state index contributed by atoms with van der Waals surface area (Å²) in [7, 11) is 1.31. The maximum absolute atomic E-state index is 12.1. The molecule has 0 aliphatic carbocycles. The lowest BCUT2D eigenvalue weighted by Gasteiger charge is -2.20. The molecule has 0 unspecified atom stereocenters. The van der Waals surface area contributed by atoms with E-state index in [-0.39, 0.29) is 18.2 Å². The summed E-state index contributed by atoms with van der Waals surface area (Å²) in [4.78, 5) is 40.8. The highest BCUT2D eigenvalue weighted by atomic mass is 16.5. The predicted molar refractivity (Wildman–Crippen MR) is 96.4 cm³/mol. The van der Waals surface area contributed by atoms with Crippen LogP contribution in [0.3, 0.4) is 0 Å². The van der Waals surface area contributed by atoms with E-state index in [1.165, 1.54) is 14.0 Å². The van der Waals surface area contributed by atoms with Gasteiger partial charge in [0.2, 0.25) is 11.8 Å². The van der Waals surface area contributed by atoms with E-state index in [1.807, 2.05) is 12.1 Å². The molecule has 0 spiro atoms. The van der Waals surface area contributed by atoms with Crippen molar-refractivity contribution in [3.8, 4) is 0 Å². The van der Waals surface area contributed by atoms with Gasteiger partial charge < -0.3 is 15.0 Å². The first kappa shape index (κ1) is 19.1. The number of hydrogen-bond acceptors (Lipinski definition) is 5. The zero-order valence-corrected chi connectivity index (χ0v) is 14.8. The van der Waals surface area contributed by atoms with Gasteiger partial charge in [-0.25, -0.2) is 4.79 Å². The second-order valence-corrected chi connectivity index (χ2v) is 5.66. The van der Waals surface area contributed by atoms with E-state index < -0.39 is 5.97 Å². The largest absolute Gasteiger partial charge is 0.465 e. The Hall–Kier alpha value is -3.22. The van der Waals surface area contributed by atoms with E-state index in [0.29, 0.717) is 24.3 Å². The number of aromatic nitrogens is 1. The molecule has 0 atom stereocenters. The predicted octanol–water partition coefficient (Wildman–Crippen LogP) is 2.25. The van der Waals surface area contributed by atoms with Gasteiger partial charge in [-0.05, 0) is 42.0 Å². The Bertz CT molecular complexity index is 760. The minimum absolute atomic E-state index is 0.1000. The molecule has 2 rings (SSSR count). The maximum Gasteiger partial charge on any atom is 0.337 e. The molecule has 1 heterocycles. The van der Waals surface area contributed by atoms with Crippen molar-refractivity contribution in [3.63, 3.8) is 0 Å². The van der Waals surface area contributed by atoms with E-state index >= 15 is 0 Å². The van der Waals surface area contributed by atoms with Crippen molar-refractivity contribution in [2.75, 3.05) is 19.0 Å². The highest BCUT2D eigenvalue weighted by molar-refractivity contribution is 5.93. The number of pyridine rings is 1. The van der Waals surface area contributed by atoms with Gasteiger partial charge in [-0.15, -0.1) is 0 Å². The van der Waals surface area contributed by atoms with E-state index in [4.69, 9.17) is 0 Å². The SMILES string of the molecule is COC(=O)c1ccc(NC(=O)CCN(Cc2ccncc2)C(C)=O)cc1. The van der Waals surface area contributed by atoms with E-state index in [0.717, 1.165) is 5.56 Å². The summed E-state index contributed by atoms with van der Waals surface area (Å²) in [5.41, 5.74) is 1.94. The van der Waals surface area contributed by atoms with Crippen LogP contribution >= 0.6 is 0 Å². The number of rotatable bonds is 7. The molecule has 0 bridgehead atoms. The molecule has 7 nitrogen and oxygen atoms in total. The van der Waals surface area contributed by atoms with Gasteiger partial charge in [0, 0.05) is 44.5 Å². The third-order valence-electron chi connectivity index (χ3n) is 3.77. The number of carbonyl (C=O) groups excluding carboxylic acids is 3. The molecule has 0 radical (unpaired) electrons. The van der Waals surface area contributed by atoms with E-state index in [1.54, 1.807) is 41.6 Å². The normalized spacial score (nSPS) is 10.1. The molecule has 7 heteroatoms. The Balaban J connectivity index is 1.87. The number of amides is 2. The lowest BCUT2D eigenvalue weighted by Crippen LogP contribution is -2.31. The minimum atomic E-state index is -0.434. The van der Waals surface area contributed by atoms with Crippen LogP contribution in [0.4, 0.5) is 5.69 Å². The number of esters is 1. The average molecular weight is 355 g/mol. The monoisotopic (exact) mass is 355 g/mol. The molecule has 0 aliphatic heterocycles. The lowest BCUT2D eigenvalue weighted by molar-refractivity contribution is -0.129. The fourth-order valence-electron chi connectivity index (χ4n) is 2.32. The van der Waals surface area contributed by atoms with Gasteiger partial charge in [0.15, 0.2) is 0 Å². The van der Waals surface area contributed by atoms with Crippen LogP contribution in [0.25, 0.3) is 0 Å². The number of nitrogens with one attached hydrogen (secondary N) is 1. The Morgan fingerprint density at radius 2 is 1.73 bits per heavy atom. The molecular weight excluding hydrogens is 334 g/mol. The Kier molecular flexibility index (Phi) is 6.84.